The third kappa shape index (κ3) is 2.60. The fourth-order valence-corrected chi connectivity index (χ4v) is 2.77. The Balaban J connectivity index is 2.13. The van der Waals surface area contributed by atoms with Crippen LogP contribution in [0.2, 0.25) is 0 Å². The van der Waals surface area contributed by atoms with E-state index >= 15 is 0 Å². The molecular weight excluding hydrogens is 346 g/mol. The second-order valence-corrected chi connectivity index (χ2v) is 5.73. The van der Waals surface area contributed by atoms with Crippen LogP contribution in [0.1, 0.15) is 11.1 Å². The molecule has 2 aromatic rings. The number of rotatable bonds is 3. The third-order valence-corrected chi connectivity index (χ3v) is 3.99. The first-order valence-electron chi connectivity index (χ1n) is 6.67. The summed E-state index contributed by atoms with van der Waals surface area (Å²) in [5, 5.41) is 2.86. The normalized spacial score (nSPS) is 14.7. The molecule has 22 heavy (non-hydrogen) atoms. The quantitative estimate of drug-likeness (QED) is 0.843. The first kappa shape index (κ1) is 14.7. The van der Waals surface area contributed by atoms with Gasteiger partial charge in [0.15, 0.2) is 0 Å². The van der Waals surface area contributed by atoms with Gasteiger partial charge >= 0.3 is 0 Å². The summed E-state index contributed by atoms with van der Waals surface area (Å²) in [4.78, 5) is 12.2. The fraction of sp³-hybridized carbons (Fsp3) is 0.118. The largest absolute Gasteiger partial charge is 0.497 e. The van der Waals surface area contributed by atoms with Gasteiger partial charge in [-0.2, -0.15) is 0 Å². The number of hydrogen-bond donors (Lipinski definition) is 1. The zero-order valence-electron chi connectivity index (χ0n) is 12.1. The number of fused-ring (bicyclic) bond motifs is 1. The zero-order chi connectivity index (χ0) is 15.7. The molecule has 0 saturated carbocycles. The maximum absolute atomic E-state index is 12.2. The Hall–Kier alpha value is -2.27. The highest BCUT2D eigenvalue weighted by molar-refractivity contribution is 9.10. The number of halogens is 1. The Morgan fingerprint density at radius 3 is 2.64 bits per heavy atom. The van der Waals surface area contributed by atoms with Gasteiger partial charge in [0.05, 0.1) is 14.2 Å². The SMILES string of the molecule is COc1ccc(OC)c(/C=C2/C(=O)Nc3ccc(Br)cc32)c1. The first-order chi connectivity index (χ1) is 10.6. The van der Waals surface area contributed by atoms with Crippen molar-refractivity contribution in [1.82, 2.24) is 0 Å². The third-order valence-electron chi connectivity index (χ3n) is 3.50. The van der Waals surface area contributed by atoms with Gasteiger partial charge in [0.2, 0.25) is 0 Å². The van der Waals surface area contributed by atoms with Gasteiger partial charge < -0.3 is 14.8 Å². The number of ether oxygens (including phenoxy) is 2. The van der Waals surface area contributed by atoms with Crippen molar-refractivity contribution < 1.29 is 14.3 Å². The van der Waals surface area contributed by atoms with Gasteiger partial charge in [-0.15, -0.1) is 0 Å². The maximum atomic E-state index is 12.2. The van der Waals surface area contributed by atoms with Crippen molar-refractivity contribution in [2.24, 2.45) is 0 Å². The molecule has 4 nitrogen and oxygen atoms in total. The summed E-state index contributed by atoms with van der Waals surface area (Å²) >= 11 is 3.44. The van der Waals surface area contributed by atoms with E-state index in [0.29, 0.717) is 17.1 Å². The van der Waals surface area contributed by atoms with Crippen molar-refractivity contribution in [2.75, 3.05) is 19.5 Å². The highest BCUT2D eigenvalue weighted by Crippen LogP contribution is 2.36. The number of nitrogens with one attached hydrogen (secondary N) is 1. The summed E-state index contributed by atoms with van der Waals surface area (Å²) in [5.41, 5.74) is 3.06. The van der Waals surface area contributed by atoms with Gasteiger partial charge in [-0.05, 0) is 42.5 Å². The minimum atomic E-state index is -0.127. The standard InChI is InChI=1S/C17H14BrNO3/c1-21-12-4-6-16(22-2)10(7-12)8-14-13-9-11(18)3-5-15(13)19-17(14)20/h3-9H,1-2H3,(H,19,20)/b14-8+. The van der Waals surface area contributed by atoms with Crippen LogP contribution in [-0.2, 0) is 4.79 Å². The smallest absolute Gasteiger partial charge is 0.256 e. The molecule has 3 rings (SSSR count). The number of methoxy groups -OCH3 is 2. The molecule has 0 aliphatic carbocycles. The van der Waals surface area contributed by atoms with Crippen LogP contribution in [0.4, 0.5) is 5.69 Å². The number of hydrogen-bond acceptors (Lipinski definition) is 3. The summed E-state index contributed by atoms with van der Waals surface area (Å²) in [7, 11) is 3.20. The van der Waals surface area contributed by atoms with Crippen LogP contribution < -0.4 is 14.8 Å². The van der Waals surface area contributed by atoms with Crippen molar-refractivity contribution in [3.8, 4) is 11.5 Å². The van der Waals surface area contributed by atoms with Crippen LogP contribution in [0.3, 0.4) is 0 Å². The van der Waals surface area contributed by atoms with Crippen LogP contribution in [0.15, 0.2) is 40.9 Å². The lowest BCUT2D eigenvalue weighted by atomic mass is 10.0. The molecule has 0 fully saturated rings. The van der Waals surface area contributed by atoms with E-state index in [1.54, 1.807) is 14.2 Å². The van der Waals surface area contributed by atoms with Crippen LogP contribution >= 0.6 is 15.9 Å². The van der Waals surface area contributed by atoms with Crippen molar-refractivity contribution in [2.45, 2.75) is 0 Å². The first-order valence-corrected chi connectivity index (χ1v) is 7.46. The lowest BCUT2D eigenvalue weighted by molar-refractivity contribution is -0.110. The summed E-state index contributed by atoms with van der Waals surface area (Å²) < 4.78 is 11.5. The molecule has 1 heterocycles. The molecule has 1 amide bonds. The number of benzene rings is 2. The Labute approximate surface area is 136 Å². The monoisotopic (exact) mass is 359 g/mol. The van der Waals surface area contributed by atoms with Crippen molar-refractivity contribution >= 4 is 39.2 Å². The molecule has 0 bridgehead atoms. The molecule has 2 aromatic carbocycles. The number of carbonyl (C=O) groups is 1. The average molecular weight is 360 g/mol. The second-order valence-electron chi connectivity index (χ2n) is 4.81. The van der Waals surface area contributed by atoms with E-state index in [1.807, 2.05) is 42.5 Å². The topological polar surface area (TPSA) is 47.6 Å². The van der Waals surface area contributed by atoms with Crippen LogP contribution in [0.25, 0.3) is 11.6 Å². The van der Waals surface area contributed by atoms with E-state index in [9.17, 15) is 4.79 Å². The molecule has 1 aliphatic rings. The van der Waals surface area contributed by atoms with E-state index in [4.69, 9.17) is 9.47 Å². The van der Waals surface area contributed by atoms with E-state index < -0.39 is 0 Å². The van der Waals surface area contributed by atoms with E-state index in [-0.39, 0.29) is 5.91 Å². The summed E-state index contributed by atoms with van der Waals surface area (Å²) in [5.74, 6) is 1.27. The molecule has 0 atom stereocenters. The van der Waals surface area contributed by atoms with E-state index in [2.05, 4.69) is 21.2 Å². The second kappa shape index (κ2) is 5.85. The maximum Gasteiger partial charge on any atom is 0.256 e. The van der Waals surface area contributed by atoms with Crippen molar-refractivity contribution in [3.05, 3.63) is 52.0 Å². The Morgan fingerprint density at radius 2 is 1.91 bits per heavy atom. The molecule has 0 unspecified atom stereocenters. The van der Waals surface area contributed by atoms with Crippen LogP contribution in [0.5, 0.6) is 11.5 Å². The summed E-state index contributed by atoms with van der Waals surface area (Å²) in [6.45, 7) is 0. The van der Waals surface area contributed by atoms with Gasteiger partial charge in [-0.3, -0.25) is 4.79 Å². The molecule has 112 valence electrons. The number of amides is 1. The van der Waals surface area contributed by atoms with Crippen molar-refractivity contribution in [1.29, 1.82) is 0 Å². The predicted octanol–water partition coefficient (Wildman–Crippen LogP) is 3.96. The molecule has 1 N–H and O–H groups in total. The van der Waals surface area contributed by atoms with Crippen molar-refractivity contribution in [3.63, 3.8) is 0 Å². The zero-order valence-corrected chi connectivity index (χ0v) is 13.7. The Bertz CT molecular complexity index is 783. The molecule has 0 aromatic heterocycles. The Kier molecular flexibility index (Phi) is 3.90. The average Bonchev–Trinajstić information content (AvgIpc) is 2.83. The molecule has 5 heteroatoms. The molecule has 0 radical (unpaired) electrons. The molecule has 0 saturated heterocycles. The molecule has 0 spiro atoms. The predicted molar refractivity (Wildman–Crippen MR) is 90.2 cm³/mol. The lowest BCUT2D eigenvalue weighted by Gasteiger charge is -2.08. The molecule has 1 aliphatic heterocycles. The highest BCUT2D eigenvalue weighted by Gasteiger charge is 2.24. The molecular formula is C17H14BrNO3. The number of anilines is 1. The van der Waals surface area contributed by atoms with Crippen LogP contribution in [-0.4, -0.2) is 20.1 Å². The number of carbonyl (C=O) groups excluding carboxylic acids is 1. The van der Waals surface area contributed by atoms with Gasteiger partial charge in [0, 0.05) is 26.9 Å². The summed E-state index contributed by atoms with van der Waals surface area (Å²) in [6.07, 6.45) is 1.81. The fourth-order valence-electron chi connectivity index (χ4n) is 2.41. The van der Waals surface area contributed by atoms with E-state index in [0.717, 1.165) is 21.3 Å². The highest BCUT2D eigenvalue weighted by atomic mass is 79.9. The minimum absolute atomic E-state index is 0.127. The Morgan fingerprint density at radius 1 is 1.09 bits per heavy atom. The van der Waals surface area contributed by atoms with Gasteiger partial charge in [0.1, 0.15) is 11.5 Å². The summed E-state index contributed by atoms with van der Waals surface area (Å²) in [6, 6.07) is 11.2. The van der Waals surface area contributed by atoms with Gasteiger partial charge in [0.25, 0.3) is 5.91 Å². The van der Waals surface area contributed by atoms with Gasteiger partial charge in [-0.1, -0.05) is 15.9 Å². The minimum Gasteiger partial charge on any atom is -0.497 e. The van der Waals surface area contributed by atoms with Gasteiger partial charge in [-0.25, -0.2) is 0 Å². The van der Waals surface area contributed by atoms with E-state index in [1.165, 1.54) is 0 Å². The van der Waals surface area contributed by atoms with Crippen LogP contribution in [0, 0.1) is 0 Å². The lowest BCUT2D eigenvalue weighted by Crippen LogP contribution is -2.03.